The first-order chi connectivity index (χ1) is 8.06. The lowest BCUT2D eigenvalue weighted by Crippen LogP contribution is -2.22. The molecule has 2 N–H and O–H groups in total. The van der Waals surface area contributed by atoms with E-state index in [0.29, 0.717) is 18.9 Å². The molecule has 2 nitrogen and oxygen atoms in total. The van der Waals surface area contributed by atoms with Gasteiger partial charge in [0.2, 0.25) is 0 Å². The number of benzene rings is 1. The first-order valence-electron chi connectivity index (χ1n) is 6.24. The molecule has 0 unspecified atom stereocenters. The highest BCUT2D eigenvalue weighted by atomic mass is 19.1. The van der Waals surface area contributed by atoms with Gasteiger partial charge in [0.25, 0.3) is 0 Å². The molecule has 0 bridgehead atoms. The second-order valence-corrected chi connectivity index (χ2v) is 4.88. The van der Waals surface area contributed by atoms with Gasteiger partial charge in [-0.1, -0.05) is 19.9 Å². The Bertz CT molecular complexity index is 350. The fourth-order valence-electron chi connectivity index (χ4n) is 1.87. The maximum absolute atomic E-state index is 13.7. The Morgan fingerprint density at radius 1 is 1.35 bits per heavy atom. The van der Waals surface area contributed by atoms with Crippen LogP contribution in [-0.2, 0) is 6.42 Å². The number of nitrogens with two attached hydrogens (primary N) is 1. The van der Waals surface area contributed by atoms with E-state index in [0.717, 1.165) is 24.2 Å². The summed E-state index contributed by atoms with van der Waals surface area (Å²) in [5.41, 5.74) is 7.24. The van der Waals surface area contributed by atoms with Crippen LogP contribution in [0.5, 0.6) is 0 Å². The molecule has 0 aliphatic carbocycles. The number of hydrogen-bond acceptors (Lipinski definition) is 2. The first-order valence-corrected chi connectivity index (χ1v) is 6.24. The number of halogens is 1. The van der Waals surface area contributed by atoms with Crippen molar-refractivity contribution in [3.8, 4) is 0 Å². The van der Waals surface area contributed by atoms with E-state index < -0.39 is 0 Å². The summed E-state index contributed by atoms with van der Waals surface area (Å²) in [5.74, 6) is 0.508. The van der Waals surface area contributed by atoms with Gasteiger partial charge >= 0.3 is 0 Å². The maximum atomic E-state index is 13.7. The van der Waals surface area contributed by atoms with Gasteiger partial charge in [-0.3, -0.25) is 0 Å². The van der Waals surface area contributed by atoms with Crippen molar-refractivity contribution in [2.45, 2.75) is 26.7 Å². The van der Waals surface area contributed by atoms with Crippen molar-refractivity contribution in [1.29, 1.82) is 0 Å². The van der Waals surface area contributed by atoms with Crippen molar-refractivity contribution in [2.75, 3.05) is 25.0 Å². The topological polar surface area (TPSA) is 29.3 Å². The van der Waals surface area contributed by atoms with E-state index in [1.54, 1.807) is 6.07 Å². The maximum Gasteiger partial charge on any atom is 0.128 e. The van der Waals surface area contributed by atoms with Crippen LogP contribution >= 0.6 is 0 Å². The van der Waals surface area contributed by atoms with Crippen LogP contribution in [0.15, 0.2) is 18.2 Å². The smallest absolute Gasteiger partial charge is 0.128 e. The fourth-order valence-corrected chi connectivity index (χ4v) is 1.87. The molecule has 17 heavy (non-hydrogen) atoms. The molecule has 0 fully saturated rings. The van der Waals surface area contributed by atoms with Gasteiger partial charge in [0.05, 0.1) is 0 Å². The summed E-state index contributed by atoms with van der Waals surface area (Å²) in [6.07, 6.45) is 1.70. The molecule has 0 aromatic heterocycles. The lowest BCUT2D eigenvalue weighted by molar-refractivity contribution is 0.580. The SMILES string of the molecule is CC(C)CCN(C)c1cccc(F)c1CCN. The van der Waals surface area contributed by atoms with Crippen LogP contribution < -0.4 is 10.6 Å². The molecule has 0 aliphatic heterocycles. The zero-order valence-corrected chi connectivity index (χ0v) is 11.0. The molecule has 1 rings (SSSR count). The lowest BCUT2D eigenvalue weighted by Gasteiger charge is -2.23. The average Bonchev–Trinajstić information content (AvgIpc) is 2.29. The summed E-state index contributed by atoms with van der Waals surface area (Å²) >= 11 is 0. The number of hydrogen-bond donors (Lipinski definition) is 1. The van der Waals surface area contributed by atoms with Crippen LogP contribution in [0.4, 0.5) is 10.1 Å². The minimum Gasteiger partial charge on any atom is -0.374 e. The van der Waals surface area contributed by atoms with Crippen LogP contribution in [0.3, 0.4) is 0 Å². The quantitative estimate of drug-likeness (QED) is 0.825. The Hall–Kier alpha value is -1.09. The molecule has 1 aromatic rings. The Kier molecular flexibility index (Phi) is 5.42. The van der Waals surface area contributed by atoms with Gasteiger partial charge in [0, 0.05) is 24.8 Å². The largest absolute Gasteiger partial charge is 0.374 e. The second kappa shape index (κ2) is 6.60. The summed E-state index contributed by atoms with van der Waals surface area (Å²) in [5, 5.41) is 0. The third-order valence-corrected chi connectivity index (χ3v) is 2.94. The molecule has 0 amide bonds. The number of rotatable bonds is 6. The third kappa shape index (κ3) is 4.00. The summed E-state index contributed by atoms with van der Waals surface area (Å²) in [6.45, 7) is 5.81. The molecule has 96 valence electrons. The molecule has 0 saturated carbocycles. The molecular weight excluding hydrogens is 215 g/mol. The standard InChI is InChI=1S/C14H23FN2/c1-11(2)8-10-17(3)14-6-4-5-13(15)12(14)7-9-16/h4-6,11H,7-10,16H2,1-3H3. The first kappa shape index (κ1) is 14.0. The zero-order valence-electron chi connectivity index (χ0n) is 11.0. The van der Waals surface area contributed by atoms with Gasteiger partial charge in [0.15, 0.2) is 0 Å². The van der Waals surface area contributed by atoms with Gasteiger partial charge < -0.3 is 10.6 Å². The van der Waals surface area contributed by atoms with E-state index >= 15 is 0 Å². The van der Waals surface area contributed by atoms with E-state index in [9.17, 15) is 4.39 Å². The predicted molar refractivity (Wildman–Crippen MR) is 71.9 cm³/mol. The molecule has 0 atom stereocenters. The third-order valence-electron chi connectivity index (χ3n) is 2.94. The highest BCUT2D eigenvalue weighted by Crippen LogP contribution is 2.23. The van der Waals surface area contributed by atoms with E-state index in [1.807, 2.05) is 13.1 Å². The van der Waals surface area contributed by atoms with Gasteiger partial charge in [-0.15, -0.1) is 0 Å². The number of anilines is 1. The van der Waals surface area contributed by atoms with E-state index in [2.05, 4.69) is 18.7 Å². The van der Waals surface area contributed by atoms with Gasteiger partial charge in [-0.25, -0.2) is 4.39 Å². The molecular formula is C14H23FN2. The molecule has 0 spiro atoms. The minimum absolute atomic E-state index is 0.149. The van der Waals surface area contributed by atoms with Crippen molar-refractivity contribution in [3.05, 3.63) is 29.6 Å². The zero-order chi connectivity index (χ0) is 12.8. The summed E-state index contributed by atoms with van der Waals surface area (Å²) < 4.78 is 13.7. The van der Waals surface area contributed by atoms with Crippen LogP contribution in [0.25, 0.3) is 0 Å². The van der Waals surface area contributed by atoms with Gasteiger partial charge in [0.1, 0.15) is 5.82 Å². The Labute approximate surface area is 104 Å². The molecule has 3 heteroatoms. The molecule has 0 aliphatic rings. The van der Waals surface area contributed by atoms with Crippen molar-refractivity contribution in [1.82, 2.24) is 0 Å². The van der Waals surface area contributed by atoms with Crippen molar-refractivity contribution in [2.24, 2.45) is 11.7 Å². The summed E-state index contributed by atoms with van der Waals surface area (Å²) in [6, 6.07) is 5.23. The Balaban J connectivity index is 2.84. The fraction of sp³-hybridized carbons (Fsp3) is 0.571. The van der Waals surface area contributed by atoms with E-state index in [4.69, 9.17) is 5.73 Å². The van der Waals surface area contributed by atoms with Crippen LogP contribution in [-0.4, -0.2) is 20.1 Å². The van der Waals surface area contributed by atoms with Crippen LogP contribution in [0.2, 0.25) is 0 Å². The molecule has 0 radical (unpaired) electrons. The predicted octanol–water partition coefficient (Wildman–Crippen LogP) is 2.81. The van der Waals surface area contributed by atoms with Crippen molar-refractivity contribution in [3.63, 3.8) is 0 Å². The van der Waals surface area contributed by atoms with E-state index in [1.165, 1.54) is 6.07 Å². The molecule has 0 heterocycles. The lowest BCUT2D eigenvalue weighted by atomic mass is 10.1. The molecule has 0 saturated heterocycles. The monoisotopic (exact) mass is 238 g/mol. The normalized spacial score (nSPS) is 10.9. The second-order valence-electron chi connectivity index (χ2n) is 4.88. The van der Waals surface area contributed by atoms with Crippen molar-refractivity contribution < 1.29 is 4.39 Å². The molecule has 1 aromatic carbocycles. The van der Waals surface area contributed by atoms with Gasteiger partial charge in [-0.05, 0) is 37.4 Å². The van der Waals surface area contributed by atoms with Crippen LogP contribution in [0, 0.1) is 11.7 Å². The van der Waals surface area contributed by atoms with Gasteiger partial charge in [-0.2, -0.15) is 0 Å². The van der Waals surface area contributed by atoms with E-state index in [-0.39, 0.29) is 5.82 Å². The summed E-state index contributed by atoms with van der Waals surface area (Å²) in [7, 11) is 2.01. The summed E-state index contributed by atoms with van der Waals surface area (Å²) in [4.78, 5) is 2.12. The minimum atomic E-state index is -0.149. The highest BCUT2D eigenvalue weighted by molar-refractivity contribution is 5.53. The Morgan fingerprint density at radius 3 is 2.65 bits per heavy atom. The Morgan fingerprint density at radius 2 is 2.06 bits per heavy atom. The average molecular weight is 238 g/mol. The highest BCUT2D eigenvalue weighted by Gasteiger charge is 2.11. The van der Waals surface area contributed by atoms with Crippen molar-refractivity contribution >= 4 is 5.69 Å². The van der Waals surface area contributed by atoms with Crippen LogP contribution in [0.1, 0.15) is 25.8 Å². The number of nitrogens with zero attached hydrogens (tertiary/aromatic N) is 1.